The van der Waals surface area contributed by atoms with Crippen LogP contribution in [0.3, 0.4) is 0 Å². The zero-order valence-corrected chi connectivity index (χ0v) is 19.0. The molecule has 180 valence electrons. The number of benzene rings is 2. The van der Waals surface area contributed by atoms with Gasteiger partial charge in [-0.25, -0.2) is 4.79 Å². The molecule has 3 N–H and O–H groups in total. The predicted molar refractivity (Wildman–Crippen MR) is 125 cm³/mol. The van der Waals surface area contributed by atoms with Gasteiger partial charge in [-0.3, -0.25) is 9.59 Å². The van der Waals surface area contributed by atoms with E-state index < -0.39 is 18.2 Å². The molecule has 1 aliphatic carbocycles. The summed E-state index contributed by atoms with van der Waals surface area (Å²) in [7, 11) is 0. The van der Waals surface area contributed by atoms with Crippen molar-refractivity contribution < 1.29 is 29.3 Å². The van der Waals surface area contributed by atoms with Gasteiger partial charge in [-0.1, -0.05) is 48.5 Å². The number of aliphatic hydroxyl groups excluding tert-OH is 1. The highest BCUT2D eigenvalue weighted by molar-refractivity contribution is 5.79. The number of hydrogen-bond acceptors (Lipinski definition) is 5. The number of aliphatic hydroxyl groups is 1. The molecule has 1 saturated heterocycles. The van der Waals surface area contributed by atoms with Gasteiger partial charge in [0, 0.05) is 32.0 Å². The number of carbonyl (C=O) groups is 3. The third kappa shape index (κ3) is 5.56. The van der Waals surface area contributed by atoms with Gasteiger partial charge in [-0.05, 0) is 41.0 Å². The Labute approximate surface area is 198 Å². The summed E-state index contributed by atoms with van der Waals surface area (Å²) in [5.41, 5.74) is 4.53. The molecule has 1 heterocycles. The number of nitrogens with one attached hydrogen (secondary N) is 1. The van der Waals surface area contributed by atoms with Crippen LogP contribution in [0, 0.1) is 5.92 Å². The molecule has 2 amide bonds. The summed E-state index contributed by atoms with van der Waals surface area (Å²) in [4.78, 5) is 37.0. The van der Waals surface area contributed by atoms with Gasteiger partial charge in [0.25, 0.3) is 0 Å². The van der Waals surface area contributed by atoms with Gasteiger partial charge in [0.05, 0.1) is 12.5 Å². The Hall–Kier alpha value is -3.39. The molecular weight excluding hydrogens is 436 g/mol. The van der Waals surface area contributed by atoms with E-state index in [9.17, 15) is 19.5 Å². The summed E-state index contributed by atoms with van der Waals surface area (Å²) in [5, 5.41) is 21.6. The number of aliphatic carboxylic acids is 1. The molecule has 0 saturated carbocycles. The molecule has 2 aliphatic rings. The van der Waals surface area contributed by atoms with E-state index >= 15 is 0 Å². The van der Waals surface area contributed by atoms with Gasteiger partial charge in [-0.15, -0.1) is 0 Å². The largest absolute Gasteiger partial charge is 0.481 e. The third-order valence-electron chi connectivity index (χ3n) is 6.64. The van der Waals surface area contributed by atoms with Crippen LogP contribution in [-0.4, -0.2) is 65.4 Å². The molecule has 8 heteroatoms. The highest BCUT2D eigenvalue weighted by Gasteiger charge is 2.30. The molecule has 8 nitrogen and oxygen atoms in total. The normalized spacial score (nSPS) is 17.7. The lowest BCUT2D eigenvalue weighted by Crippen LogP contribution is -2.37. The van der Waals surface area contributed by atoms with Crippen LogP contribution in [0.15, 0.2) is 48.5 Å². The molecule has 0 bridgehead atoms. The summed E-state index contributed by atoms with van der Waals surface area (Å²) >= 11 is 0. The number of alkyl carbamates (subject to hydrolysis) is 1. The quantitative estimate of drug-likeness (QED) is 0.523. The van der Waals surface area contributed by atoms with Gasteiger partial charge < -0.3 is 25.2 Å². The lowest BCUT2D eigenvalue weighted by molar-refractivity contribution is -0.137. The van der Waals surface area contributed by atoms with E-state index in [0.29, 0.717) is 19.5 Å². The maximum absolute atomic E-state index is 12.4. The van der Waals surface area contributed by atoms with E-state index in [1.54, 1.807) is 4.90 Å². The zero-order valence-electron chi connectivity index (χ0n) is 19.0. The van der Waals surface area contributed by atoms with Crippen LogP contribution in [0.4, 0.5) is 4.79 Å². The van der Waals surface area contributed by atoms with E-state index in [1.807, 2.05) is 36.4 Å². The topological polar surface area (TPSA) is 116 Å². The highest BCUT2D eigenvalue weighted by atomic mass is 16.5. The minimum atomic E-state index is -1.02. The van der Waals surface area contributed by atoms with Crippen molar-refractivity contribution in [3.8, 4) is 11.1 Å². The fourth-order valence-corrected chi connectivity index (χ4v) is 4.88. The number of carboxylic acid groups (broad SMARTS) is 1. The van der Waals surface area contributed by atoms with Crippen LogP contribution in [0.1, 0.15) is 42.7 Å². The number of ether oxygens (including phenoxy) is 1. The van der Waals surface area contributed by atoms with Gasteiger partial charge in [0.1, 0.15) is 6.61 Å². The Morgan fingerprint density at radius 2 is 1.71 bits per heavy atom. The summed E-state index contributed by atoms with van der Waals surface area (Å²) in [5.74, 6) is -0.899. The van der Waals surface area contributed by atoms with Crippen LogP contribution in [0.2, 0.25) is 0 Å². The number of amides is 2. The Balaban J connectivity index is 1.20. The molecule has 0 radical (unpaired) electrons. The third-order valence-corrected chi connectivity index (χ3v) is 6.64. The second-order valence-electron chi connectivity index (χ2n) is 8.99. The minimum absolute atomic E-state index is 0.0473. The molecular formula is C26H30N2O6. The molecule has 34 heavy (non-hydrogen) atoms. The Morgan fingerprint density at radius 3 is 2.35 bits per heavy atom. The van der Waals surface area contributed by atoms with Crippen molar-refractivity contribution in [1.82, 2.24) is 10.2 Å². The molecule has 0 aromatic heterocycles. The number of carboxylic acids is 1. The van der Waals surface area contributed by atoms with E-state index in [4.69, 9.17) is 9.84 Å². The fourth-order valence-electron chi connectivity index (χ4n) is 4.88. The molecule has 2 atom stereocenters. The van der Waals surface area contributed by atoms with Crippen LogP contribution >= 0.6 is 0 Å². The first-order valence-electron chi connectivity index (χ1n) is 11.7. The summed E-state index contributed by atoms with van der Waals surface area (Å²) in [6, 6.07) is 16.1. The molecule has 0 spiro atoms. The Morgan fingerprint density at radius 1 is 1.06 bits per heavy atom. The first-order chi connectivity index (χ1) is 16.4. The second-order valence-corrected chi connectivity index (χ2v) is 8.99. The monoisotopic (exact) mass is 466 g/mol. The molecule has 2 unspecified atom stereocenters. The van der Waals surface area contributed by atoms with E-state index in [1.165, 1.54) is 0 Å². The van der Waals surface area contributed by atoms with Crippen molar-refractivity contribution in [1.29, 1.82) is 0 Å². The number of likely N-dealkylation sites (tertiary alicyclic amines) is 1. The van der Waals surface area contributed by atoms with Crippen LogP contribution < -0.4 is 5.32 Å². The van der Waals surface area contributed by atoms with Crippen molar-refractivity contribution in [3.63, 3.8) is 0 Å². The Kier molecular flexibility index (Phi) is 7.47. The average molecular weight is 467 g/mol. The number of carbonyl (C=O) groups excluding carboxylic acids is 2. The van der Waals surface area contributed by atoms with Crippen molar-refractivity contribution in [2.45, 2.75) is 37.7 Å². The van der Waals surface area contributed by atoms with Crippen molar-refractivity contribution >= 4 is 18.0 Å². The Bertz CT molecular complexity index is 1010. The van der Waals surface area contributed by atoms with Gasteiger partial charge >= 0.3 is 12.1 Å². The number of rotatable bonds is 9. The zero-order chi connectivity index (χ0) is 24.1. The number of hydrogen-bond donors (Lipinski definition) is 3. The van der Waals surface area contributed by atoms with E-state index in [2.05, 4.69) is 17.4 Å². The van der Waals surface area contributed by atoms with Crippen molar-refractivity contribution in [2.75, 3.05) is 26.2 Å². The molecule has 1 fully saturated rings. The number of fused-ring (bicyclic) bond motifs is 3. The maximum atomic E-state index is 12.4. The standard InChI is InChI=1S/C26H30N2O6/c29-18(13-24(30)28-12-11-17(15-28)9-10-25(31)32)14-27-26(33)34-16-23-21-7-3-1-5-19(21)20-6-2-4-8-22(20)23/h1-8,17-18,23,29H,9-16H2,(H,27,33)(H,31,32). The maximum Gasteiger partial charge on any atom is 0.407 e. The van der Waals surface area contributed by atoms with Crippen LogP contribution in [-0.2, 0) is 14.3 Å². The predicted octanol–water partition coefficient (Wildman–Crippen LogP) is 2.99. The van der Waals surface area contributed by atoms with Crippen LogP contribution in [0.25, 0.3) is 11.1 Å². The molecule has 4 rings (SSSR count). The highest BCUT2D eigenvalue weighted by Crippen LogP contribution is 2.44. The molecule has 1 aliphatic heterocycles. The summed E-state index contributed by atoms with van der Waals surface area (Å²) in [6.45, 7) is 1.17. The summed E-state index contributed by atoms with van der Waals surface area (Å²) in [6.07, 6.45) is -0.346. The molecule has 2 aromatic rings. The smallest absolute Gasteiger partial charge is 0.407 e. The van der Waals surface area contributed by atoms with Gasteiger partial charge in [-0.2, -0.15) is 0 Å². The fraction of sp³-hybridized carbons (Fsp3) is 0.423. The number of nitrogens with zero attached hydrogens (tertiary/aromatic N) is 1. The van der Waals surface area contributed by atoms with Gasteiger partial charge in [0.15, 0.2) is 0 Å². The lowest BCUT2D eigenvalue weighted by Gasteiger charge is -2.19. The first-order valence-corrected chi connectivity index (χ1v) is 11.7. The van der Waals surface area contributed by atoms with E-state index in [0.717, 1.165) is 28.7 Å². The van der Waals surface area contributed by atoms with Crippen LogP contribution in [0.5, 0.6) is 0 Å². The van der Waals surface area contributed by atoms with Crippen molar-refractivity contribution in [2.24, 2.45) is 5.92 Å². The summed E-state index contributed by atoms with van der Waals surface area (Å²) < 4.78 is 5.45. The molecule has 2 aromatic carbocycles. The SMILES string of the molecule is O=C(O)CCC1CCN(C(=O)CC(O)CNC(=O)OCC2c3ccccc3-c3ccccc32)C1. The minimum Gasteiger partial charge on any atom is -0.481 e. The second kappa shape index (κ2) is 10.7. The van der Waals surface area contributed by atoms with E-state index in [-0.39, 0.29) is 43.7 Å². The first kappa shape index (κ1) is 23.8. The lowest BCUT2D eigenvalue weighted by atomic mass is 9.98. The van der Waals surface area contributed by atoms with Gasteiger partial charge in [0.2, 0.25) is 5.91 Å². The van der Waals surface area contributed by atoms with Crippen molar-refractivity contribution in [3.05, 3.63) is 59.7 Å². The average Bonchev–Trinajstić information content (AvgIpc) is 3.43.